The standard InChI is InChI=1S/C18H24N2O2S/c1-11(2)13-6-8-14(9-7-13)17-19-15(10-23-17)16(22)20-18(4,5)12(3)21/h6-12,21H,1-5H3,(H,20,22). The molecular weight excluding hydrogens is 308 g/mol. The van der Waals surface area contributed by atoms with Crippen LogP contribution < -0.4 is 5.32 Å². The quantitative estimate of drug-likeness (QED) is 0.875. The molecule has 23 heavy (non-hydrogen) atoms. The lowest BCUT2D eigenvalue weighted by Crippen LogP contribution is -2.51. The molecule has 1 atom stereocenters. The first-order valence-corrected chi connectivity index (χ1v) is 8.65. The number of carbonyl (C=O) groups is 1. The van der Waals surface area contributed by atoms with E-state index >= 15 is 0 Å². The molecule has 0 saturated carbocycles. The largest absolute Gasteiger partial charge is 0.391 e. The van der Waals surface area contributed by atoms with E-state index in [-0.39, 0.29) is 5.91 Å². The maximum atomic E-state index is 12.3. The van der Waals surface area contributed by atoms with Gasteiger partial charge in [-0.3, -0.25) is 4.79 Å². The summed E-state index contributed by atoms with van der Waals surface area (Å²) in [6, 6.07) is 8.26. The number of amides is 1. The second kappa shape index (κ2) is 6.81. The number of thiazole rings is 1. The number of rotatable bonds is 5. The number of nitrogens with one attached hydrogen (secondary N) is 1. The second-order valence-corrected chi connectivity index (χ2v) is 7.52. The van der Waals surface area contributed by atoms with Crippen LogP contribution in [0.1, 0.15) is 56.6 Å². The maximum Gasteiger partial charge on any atom is 0.271 e. The number of carbonyl (C=O) groups excluding carboxylic acids is 1. The van der Waals surface area contributed by atoms with Gasteiger partial charge in [-0.25, -0.2) is 4.98 Å². The monoisotopic (exact) mass is 332 g/mol. The van der Waals surface area contributed by atoms with Crippen molar-refractivity contribution in [2.75, 3.05) is 0 Å². The van der Waals surface area contributed by atoms with E-state index in [4.69, 9.17) is 0 Å². The zero-order valence-electron chi connectivity index (χ0n) is 14.3. The predicted molar refractivity (Wildman–Crippen MR) is 94.9 cm³/mol. The highest BCUT2D eigenvalue weighted by Gasteiger charge is 2.27. The normalized spacial score (nSPS) is 13.2. The van der Waals surface area contributed by atoms with Crippen LogP contribution in [0.15, 0.2) is 29.6 Å². The molecule has 0 fully saturated rings. The van der Waals surface area contributed by atoms with Crippen LogP contribution in [0.2, 0.25) is 0 Å². The SMILES string of the molecule is CC(C)c1ccc(-c2nc(C(=O)NC(C)(C)C(C)O)cs2)cc1. The first kappa shape index (κ1) is 17.6. The van der Waals surface area contributed by atoms with Crippen LogP contribution in [0.25, 0.3) is 10.6 Å². The van der Waals surface area contributed by atoms with Crippen molar-refractivity contribution in [3.05, 3.63) is 40.9 Å². The van der Waals surface area contributed by atoms with Gasteiger partial charge in [0, 0.05) is 10.9 Å². The summed E-state index contributed by atoms with van der Waals surface area (Å²) in [7, 11) is 0. The topological polar surface area (TPSA) is 62.2 Å². The molecule has 1 aromatic heterocycles. The summed E-state index contributed by atoms with van der Waals surface area (Å²) in [4.78, 5) is 16.7. The first-order valence-electron chi connectivity index (χ1n) is 7.77. The first-order chi connectivity index (χ1) is 10.7. The molecule has 124 valence electrons. The van der Waals surface area contributed by atoms with Gasteiger partial charge in [0.1, 0.15) is 10.7 Å². The molecule has 2 N–H and O–H groups in total. The molecule has 1 heterocycles. The molecule has 4 nitrogen and oxygen atoms in total. The average Bonchev–Trinajstić information content (AvgIpc) is 2.96. The Balaban J connectivity index is 2.15. The lowest BCUT2D eigenvalue weighted by atomic mass is 9.99. The zero-order valence-corrected chi connectivity index (χ0v) is 15.1. The lowest BCUT2D eigenvalue weighted by Gasteiger charge is -2.28. The van der Waals surface area contributed by atoms with Crippen molar-refractivity contribution in [3.63, 3.8) is 0 Å². The Bertz CT molecular complexity index is 673. The molecule has 0 saturated heterocycles. The summed E-state index contributed by atoms with van der Waals surface area (Å²) in [6.45, 7) is 9.54. The maximum absolute atomic E-state index is 12.3. The van der Waals surface area contributed by atoms with Crippen LogP contribution in [0.5, 0.6) is 0 Å². The molecule has 0 aliphatic carbocycles. The van der Waals surface area contributed by atoms with Gasteiger partial charge in [0.05, 0.1) is 11.6 Å². The van der Waals surface area contributed by atoms with E-state index in [1.54, 1.807) is 26.2 Å². The van der Waals surface area contributed by atoms with Crippen molar-refractivity contribution in [1.29, 1.82) is 0 Å². The Hall–Kier alpha value is -1.72. The van der Waals surface area contributed by atoms with Gasteiger partial charge < -0.3 is 10.4 Å². The smallest absolute Gasteiger partial charge is 0.271 e. The summed E-state index contributed by atoms with van der Waals surface area (Å²) in [5, 5.41) is 15.1. The van der Waals surface area contributed by atoms with Crippen molar-refractivity contribution in [3.8, 4) is 10.6 Å². The van der Waals surface area contributed by atoms with Gasteiger partial charge in [-0.1, -0.05) is 38.1 Å². The number of aromatic nitrogens is 1. The molecule has 1 amide bonds. The fourth-order valence-electron chi connectivity index (χ4n) is 1.98. The summed E-state index contributed by atoms with van der Waals surface area (Å²) >= 11 is 1.45. The minimum absolute atomic E-state index is 0.266. The van der Waals surface area contributed by atoms with Crippen LogP contribution in [0.4, 0.5) is 0 Å². The minimum Gasteiger partial charge on any atom is -0.391 e. The van der Waals surface area contributed by atoms with E-state index < -0.39 is 11.6 Å². The van der Waals surface area contributed by atoms with Gasteiger partial charge in [0.15, 0.2) is 0 Å². The zero-order chi connectivity index (χ0) is 17.2. The molecule has 2 rings (SSSR count). The second-order valence-electron chi connectivity index (χ2n) is 6.67. The van der Waals surface area contributed by atoms with Crippen LogP contribution in [-0.2, 0) is 0 Å². The molecule has 2 aromatic rings. The number of hydrogen-bond acceptors (Lipinski definition) is 4. The van der Waals surface area contributed by atoms with Gasteiger partial charge in [-0.2, -0.15) is 0 Å². The van der Waals surface area contributed by atoms with Crippen LogP contribution in [0.3, 0.4) is 0 Å². The number of nitrogens with zero attached hydrogens (tertiary/aromatic N) is 1. The van der Waals surface area contributed by atoms with Crippen molar-refractivity contribution in [1.82, 2.24) is 10.3 Å². The molecule has 1 aromatic carbocycles. The highest BCUT2D eigenvalue weighted by atomic mass is 32.1. The Morgan fingerprint density at radius 2 is 1.83 bits per heavy atom. The van der Waals surface area contributed by atoms with E-state index in [1.165, 1.54) is 16.9 Å². The van der Waals surface area contributed by atoms with Gasteiger partial charge in [-0.05, 0) is 32.3 Å². The Kier molecular flexibility index (Phi) is 5.22. The van der Waals surface area contributed by atoms with E-state index in [9.17, 15) is 9.90 Å². The highest BCUT2D eigenvalue weighted by Crippen LogP contribution is 2.26. The van der Waals surface area contributed by atoms with E-state index in [1.807, 2.05) is 12.1 Å². The average molecular weight is 332 g/mol. The molecule has 5 heteroatoms. The minimum atomic E-state index is -0.695. The van der Waals surface area contributed by atoms with Crippen LogP contribution in [-0.4, -0.2) is 27.6 Å². The third kappa shape index (κ3) is 4.18. The number of benzene rings is 1. The Morgan fingerprint density at radius 1 is 1.22 bits per heavy atom. The highest BCUT2D eigenvalue weighted by molar-refractivity contribution is 7.13. The van der Waals surface area contributed by atoms with Crippen molar-refractivity contribution in [2.24, 2.45) is 0 Å². The summed E-state index contributed by atoms with van der Waals surface area (Å²) in [5.74, 6) is 0.224. The van der Waals surface area contributed by atoms with Crippen LogP contribution >= 0.6 is 11.3 Å². The number of hydrogen-bond donors (Lipinski definition) is 2. The lowest BCUT2D eigenvalue weighted by molar-refractivity contribution is 0.0706. The fraction of sp³-hybridized carbons (Fsp3) is 0.444. The van der Waals surface area contributed by atoms with Gasteiger partial charge in [0.25, 0.3) is 5.91 Å². The van der Waals surface area contributed by atoms with Crippen molar-refractivity contribution >= 4 is 17.2 Å². The Labute approximate surface area is 141 Å². The Morgan fingerprint density at radius 3 is 2.35 bits per heavy atom. The molecule has 0 radical (unpaired) electrons. The third-order valence-corrected chi connectivity index (χ3v) is 4.93. The number of aliphatic hydroxyl groups is 1. The molecular formula is C18H24N2O2S. The fourth-order valence-corrected chi connectivity index (χ4v) is 2.79. The van der Waals surface area contributed by atoms with Crippen molar-refractivity contribution in [2.45, 2.75) is 52.2 Å². The summed E-state index contributed by atoms with van der Waals surface area (Å²) in [6.07, 6.45) is -0.645. The molecule has 0 aliphatic heterocycles. The summed E-state index contributed by atoms with van der Waals surface area (Å²) in [5.41, 5.74) is 1.97. The predicted octanol–water partition coefficient (Wildman–Crippen LogP) is 3.82. The molecule has 1 unspecified atom stereocenters. The molecule has 0 aliphatic rings. The number of aliphatic hydroxyl groups excluding tert-OH is 1. The summed E-state index contributed by atoms with van der Waals surface area (Å²) < 4.78 is 0. The third-order valence-electron chi connectivity index (χ3n) is 4.04. The van der Waals surface area contributed by atoms with Gasteiger partial charge in [-0.15, -0.1) is 11.3 Å². The van der Waals surface area contributed by atoms with Gasteiger partial charge >= 0.3 is 0 Å². The van der Waals surface area contributed by atoms with E-state index in [0.29, 0.717) is 11.6 Å². The van der Waals surface area contributed by atoms with Gasteiger partial charge in [0.2, 0.25) is 0 Å². The van der Waals surface area contributed by atoms with E-state index in [0.717, 1.165) is 10.6 Å². The molecule has 0 bridgehead atoms. The van der Waals surface area contributed by atoms with Crippen molar-refractivity contribution < 1.29 is 9.90 Å². The molecule has 0 spiro atoms. The van der Waals surface area contributed by atoms with Crippen LogP contribution in [0, 0.1) is 0 Å². The van der Waals surface area contributed by atoms with E-state index in [2.05, 4.69) is 36.3 Å².